The van der Waals surface area contributed by atoms with Crippen LogP contribution in [0.2, 0.25) is 0 Å². The first-order valence-corrected chi connectivity index (χ1v) is 7.69. The fraction of sp³-hybridized carbons (Fsp3) is 0.0500. The molecule has 0 unspecified atom stereocenters. The Labute approximate surface area is 132 Å². The number of nitrogens with zero attached hydrogens (tertiary/aromatic N) is 1. The van der Waals surface area contributed by atoms with Crippen LogP contribution in [0.5, 0.6) is 0 Å². The van der Waals surface area contributed by atoms with Crippen molar-refractivity contribution in [2.75, 3.05) is 12.4 Å². The maximum atomic E-state index is 13.1. The molecule has 2 aromatic heterocycles. The topological polar surface area (TPSA) is 33.5 Å². The highest BCUT2D eigenvalue weighted by atomic mass is 16.1. The van der Waals surface area contributed by atoms with Gasteiger partial charge in [0.25, 0.3) is 5.56 Å². The third kappa shape index (κ3) is 1.41. The number of hydrogen-bond donors (Lipinski definition) is 1. The molecule has 0 amide bonds. The number of hydrogen-bond acceptors (Lipinski definition) is 2. The van der Waals surface area contributed by atoms with E-state index in [1.165, 1.54) is 0 Å². The van der Waals surface area contributed by atoms with Gasteiger partial charge in [0.15, 0.2) is 0 Å². The maximum Gasteiger partial charge on any atom is 0.263 e. The first-order valence-electron chi connectivity index (χ1n) is 7.69. The second-order valence-corrected chi connectivity index (χ2v) is 5.84. The van der Waals surface area contributed by atoms with Gasteiger partial charge in [-0.25, -0.2) is 0 Å². The summed E-state index contributed by atoms with van der Waals surface area (Å²) in [5.41, 5.74) is 3.06. The summed E-state index contributed by atoms with van der Waals surface area (Å²) in [6.45, 7) is 0. The summed E-state index contributed by atoms with van der Waals surface area (Å²) in [5.74, 6) is 0. The Morgan fingerprint density at radius 2 is 1.48 bits per heavy atom. The van der Waals surface area contributed by atoms with Crippen molar-refractivity contribution >= 4 is 43.7 Å². The molecular weight excluding hydrogens is 284 g/mol. The number of aromatic nitrogens is 1. The molecule has 3 heteroatoms. The van der Waals surface area contributed by atoms with Gasteiger partial charge in [-0.05, 0) is 23.6 Å². The normalized spacial score (nSPS) is 11.9. The van der Waals surface area contributed by atoms with Crippen LogP contribution in [0.4, 0.5) is 5.69 Å². The Morgan fingerprint density at radius 3 is 2.30 bits per heavy atom. The second-order valence-electron chi connectivity index (χ2n) is 5.84. The van der Waals surface area contributed by atoms with Crippen molar-refractivity contribution in [3.8, 4) is 0 Å². The lowest BCUT2D eigenvalue weighted by atomic mass is 10.0. The smallest absolute Gasteiger partial charge is 0.263 e. The molecule has 0 aliphatic rings. The molecular formula is C20H14N2O. The molecule has 23 heavy (non-hydrogen) atoms. The molecule has 0 aliphatic carbocycles. The van der Waals surface area contributed by atoms with E-state index in [1.54, 1.807) is 0 Å². The Hall–Kier alpha value is -3.07. The number of pyridine rings is 1. The zero-order valence-corrected chi connectivity index (χ0v) is 12.6. The van der Waals surface area contributed by atoms with Crippen LogP contribution in [0.15, 0.2) is 65.5 Å². The molecule has 3 aromatic carbocycles. The fourth-order valence-corrected chi connectivity index (χ4v) is 3.78. The molecule has 0 spiro atoms. The van der Waals surface area contributed by atoms with E-state index in [-0.39, 0.29) is 5.56 Å². The number of para-hydroxylation sites is 1. The van der Waals surface area contributed by atoms with Gasteiger partial charge < -0.3 is 5.32 Å². The van der Waals surface area contributed by atoms with E-state index >= 15 is 0 Å². The van der Waals surface area contributed by atoms with E-state index in [1.807, 2.05) is 53.9 Å². The van der Waals surface area contributed by atoms with E-state index in [9.17, 15) is 4.79 Å². The molecule has 0 aliphatic heterocycles. The zero-order chi connectivity index (χ0) is 15.6. The van der Waals surface area contributed by atoms with Gasteiger partial charge in [-0.15, -0.1) is 0 Å². The van der Waals surface area contributed by atoms with Crippen molar-refractivity contribution < 1.29 is 0 Å². The van der Waals surface area contributed by atoms with E-state index in [0.717, 1.165) is 43.7 Å². The number of benzene rings is 3. The average molecular weight is 298 g/mol. The number of fused-ring (bicyclic) bond motifs is 5. The summed E-state index contributed by atoms with van der Waals surface area (Å²) in [7, 11) is 1.91. The first-order chi connectivity index (χ1) is 11.3. The molecule has 3 nitrogen and oxygen atoms in total. The minimum absolute atomic E-state index is 0.0487. The van der Waals surface area contributed by atoms with Crippen molar-refractivity contribution in [2.45, 2.75) is 0 Å². The van der Waals surface area contributed by atoms with Gasteiger partial charge in [0, 0.05) is 34.3 Å². The summed E-state index contributed by atoms with van der Waals surface area (Å²) in [6, 6.07) is 20.2. The first kappa shape index (κ1) is 12.5. The van der Waals surface area contributed by atoms with Gasteiger partial charge in [0.2, 0.25) is 0 Å². The quantitative estimate of drug-likeness (QED) is 0.470. The zero-order valence-electron chi connectivity index (χ0n) is 12.6. The standard InChI is InChI=1S/C20H14N2O/c1-21-16-10-5-11-17-18(16)15-9-4-8-13-12-6-2-3-7-14(12)20(23)22(17)19(13)15/h2-11,21H,1H3. The molecule has 1 N–H and O–H groups in total. The van der Waals surface area contributed by atoms with Crippen LogP contribution in [0.3, 0.4) is 0 Å². The predicted molar refractivity (Wildman–Crippen MR) is 96.9 cm³/mol. The lowest BCUT2D eigenvalue weighted by molar-refractivity contribution is 1.21. The molecule has 0 saturated carbocycles. The van der Waals surface area contributed by atoms with Gasteiger partial charge in [-0.3, -0.25) is 9.20 Å². The largest absolute Gasteiger partial charge is 0.388 e. The van der Waals surface area contributed by atoms with Crippen LogP contribution in [-0.4, -0.2) is 11.4 Å². The Morgan fingerprint density at radius 1 is 0.783 bits per heavy atom. The monoisotopic (exact) mass is 298 g/mol. The number of anilines is 1. The number of rotatable bonds is 1. The van der Waals surface area contributed by atoms with E-state index in [0.29, 0.717) is 0 Å². The summed E-state index contributed by atoms with van der Waals surface area (Å²) >= 11 is 0. The van der Waals surface area contributed by atoms with Crippen molar-refractivity contribution in [3.63, 3.8) is 0 Å². The van der Waals surface area contributed by atoms with Gasteiger partial charge in [-0.2, -0.15) is 0 Å². The third-order valence-electron chi connectivity index (χ3n) is 4.73. The van der Waals surface area contributed by atoms with Crippen molar-refractivity contribution in [3.05, 3.63) is 71.0 Å². The molecule has 0 radical (unpaired) electrons. The van der Waals surface area contributed by atoms with Crippen molar-refractivity contribution in [1.29, 1.82) is 0 Å². The summed E-state index contributed by atoms with van der Waals surface area (Å²) in [5, 5.41) is 8.37. The summed E-state index contributed by atoms with van der Waals surface area (Å²) < 4.78 is 1.86. The molecule has 110 valence electrons. The fourth-order valence-electron chi connectivity index (χ4n) is 3.78. The van der Waals surface area contributed by atoms with Crippen molar-refractivity contribution in [1.82, 2.24) is 4.40 Å². The number of nitrogens with one attached hydrogen (secondary N) is 1. The molecule has 0 fully saturated rings. The Bertz CT molecular complexity index is 1270. The SMILES string of the molecule is CNc1cccc2c1c1cccc3c4ccccc4c(=O)n2c31. The summed E-state index contributed by atoms with van der Waals surface area (Å²) in [4.78, 5) is 13.1. The van der Waals surface area contributed by atoms with Crippen LogP contribution in [0.25, 0.3) is 38.0 Å². The second kappa shape index (κ2) is 4.23. The minimum atomic E-state index is 0.0487. The van der Waals surface area contributed by atoms with Crippen LogP contribution in [0, 0.1) is 0 Å². The lowest BCUT2D eigenvalue weighted by Crippen LogP contribution is -2.12. The molecule has 0 bridgehead atoms. The van der Waals surface area contributed by atoms with Gasteiger partial charge in [0.05, 0.1) is 11.0 Å². The van der Waals surface area contributed by atoms with Crippen LogP contribution in [-0.2, 0) is 0 Å². The lowest BCUT2D eigenvalue weighted by Gasteiger charge is -2.05. The molecule has 5 rings (SSSR count). The third-order valence-corrected chi connectivity index (χ3v) is 4.73. The minimum Gasteiger partial charge on any atom is -0.388 e. The Kier molecular flexibility index (Phi) is 2.29. The Balaban J connectivity index is 2.27. The average Bonchev–Trinajstić information content (AvgIpc) is 2.95. The van der Waals surface area contributed by atoms with Gasteiger partial charge in [-0.1, -0.05) is 42.5 Å². The van der Waals surface area contributed by atoms with E-state index in [4.69, 9.17) is 0 Å². The highest BCUT2D eigenvalue weighted by Gasteiger charge is 2.17. The predicted octanol–water partition coefficient (Wildman–Crippen LogP) is 4.24. The highest BCUT2D eigenvalue weighted by Crippen LogP contribution is 2.37. The van der Waals surface area contributed by atoms with Gasteiger partial charge >= 0.3 is 0 Å². The molecule has 5 aromatic rings. The van der Waals surface area contributed by atoms with Crippen LogP contribution in [0.1, 0.15) is 0 Å². The van der Waals surface area contributed by atoms with Gasteiger partial charge in [0.1, 0.15) is 0 Å². The molecule has 0 saturated heterocycles. The molecule has 2 heterocycles. The maximum absolute atomic E-state index is 13.1. The molecule has 0 atom stereocenters. The van der Waals surface area contributed by atoms with Crippen LogP contribution >= 0.6 is 0 Å². The van der Waals surface area contributed by atoms with E-state index < -0.39 is 0 Å². The van der Waals surface area contributed by atoms with Crippen molar-refractivity contribution in [2.24, 2.45) is 0 Å². The van der Waals surface area contributed by atoms with Crippen LogP contribution < -0.4 is 10.9 Å². The highest BCUT2D eigenvalue weighted by molar-refractivity contribution is 6.22. The van der Waals surface area contributed by atoms with E-state index in [2.05, 4.69) is 23.5 Å². The summed E-state index contributed by atoms with van der Waals surface area (Å²) in [6.07, 6.45) is 0.